The minimum atomic E-state index is -0.106. The van der Waals surface area contributed by atoms with E-state index in [1.54, 1.807) is 0 Å². The van der Waals surface area contributed by atoms with Crippen LogP contribution in [-0.2, 0) is 6.54 Å². The molecule has 0 fully saturated rings. The van der Waals surface area contributed by atoms with E-state index in [1.165, 1.54) is 5.56 Å². The second-order valence-electron chi connectivity index (χ2n) is 5.32. The molecular formula is C16H27N3O. The van der Waals surface area contributed by atoms with Gasteiger partial charge in [0.15, 0.2) is 0 Å². The zero-order valence-corrected chi connectivity index (χ0v) is 13.1. The predicted molar refractivity (Wildman–Crippen MR) is 83.8 cm³/mol. The molecule has 20 heavy (non-hydrogen) atoms. The summed E-state index contributed by atoms with van der Waals surface area (Å²) < 4.78 is 0. The number of amides is 2. The number of aryl methyl sites for hydroxylation is 1. The lowest BCUT2D eigenvalue weighted by Gasteiger charge is -2.24. The summed E-state index contributed by atoms with van der Waals surface area (Å²) in [4.78, 5) is 14.0. The van der Waals surface area contributed by atoms with Gasteiger partial charge in [0, 0.05) is 25.7 Å². The van der Waals surface area contributed by atoms with Crippen LogP contribution in [0.1, 0.15) is 31.9 Å². The highest BCUT2D eigenvalue weighted by atomic mass is 16.2. The van der Waals surface area contributed by atoms with Crippen LogP contribution in [0.15, 0.2) is 24.3 Å². The fourth-order valence-corrected chi connectivity index (χ4v) is 2.05. The van der Waals surface area contributed by atoms with Crippen molar-refractivity contribution in [2.75, 3.05) is 19.6 Å². The van der Waals surface area contributed by atoms with Crippen molar-refractivity contribution in [1.82, 2.24) is 15.5 Å². The number of hydrogen-bond acceptors (Lipinski definition) is 2. The van der Waals surface area contributed by atoms with Crippen LogP contribution in [0, 0.1) is 6.92 Å². The summed E-state index contributed by atoms with van der Waals surface area (Å²) >= 11 is 0. The molecular weight excluding hydrogens is 250 g/mol. The molecule has 4 heteroatoms. The normalized spacial score (nSPS) is 10.9. The molecule has 0 spiro atoms. The molecule has 0 saturated heterocycles. The number of hydrogen-bond donors (Lipinski definition) is 2. The van der Waals surface area contributed by atoms with Gasteiger partial charge in [-0.1, -0.05) is 36.8 Å². The molecule has 1 aromatic carbocycles. The fourth-order valence-electron chi connectivity index (χ4n) is 2.05. The quantitative estimate of drug-likeness (QED) is 0.804. The number of benzene rings is 1. The Balaban J connectivity index is 2.22. The van der Waals surface area contributed by atoms with Gasteiger partial charge in [-0.05, 0) is 32.9 Å². The molecule has 0 unspecified atom stereocenters. The number of rotatable bonds is 7. The number of nitrogens with zero attached hydrogens (tertiary/aromatic N) is 1. The molecule has 0 heterocycles. The van der Waals surface area contributed by atoms with Crippen molar-refractivity contribution >= 4 is 6.03 Å². The summed E-state index contributed by atoms with van der Waals surface area (Å²) in [5.74, 6) is 0. The van der Waals surface area contributed by atoms with Crippen LogP contribution in [-0.4, -0.2) is 36.6 Å². The smallest absolute Gasteiger partial charge is 0.315 e. The first-order valence-electron chi connectivity index (χ1n) is 7.34. The Bertz CT molecular complexity index is 401. The molecule has 0 atom stereocenters. The summed E-state index contributed by atoms with van der Waals surface area (Å²) in [6.07, 6.45) is 0. The first-order chi connectivity index (χ1) is 9.52. The van der Waals surface area contributed by atoms with Gasteiger partial charge in [-0.2, -0.15) is 0 Å². The van der Waals surface area contributed by atoms with Crippen molar-refractivity contribution in [3.8, 4) is 0 Å². The van der Waals surface area contributed by atoms with E-state index in [-0.39, 0.29) is 6.03 Å². The summed E-state index contributed by atoms with van der Waals surface area (Å²) in [6.45, 7) is 11.6. The van der Waals surface area contributed by atoms with Crippen molar-refractivity contribution in [2.45, 2.75) is 40.3 Å². The van der Waals surface area contributed by atoms with Gasteiger partial charge >= 0.3 is 6.03 Å². The number of carbonyl (C=O) groups excluding carboxylic acids is 1. The van der Waals surface area contributed by atoms with Crippen LogP contribution in [0.3, 0.4) is 0 Å². The van der Waals surface area contributed by atoms with E-state index in [4.69, 9.17) is 0 Å². The van der Waals surface area contributed by atoms with E-state index in [0.29, 0.717) is 19.1 Å². The number of nitrogens with one attached hydrogen (secondary N) is 2. The van der Waals surface area contributed by atoms with Gasteiger partial charge in [-0.15, -0.1) is 0 Å². The van der Waals surface area contributed by atoms with Crippen molar-refractivity contribution in [2.24, 2.45) is 0 Å². The van der Waals surface area contributed by atoms with Crippen LogP contribution in [0.5, 0.6) is 0 Å². The van der Waals surface area contributed by atoms with Crippen molar-refractivity contribution in [1.29, 1.82) is 0 Å². The molecule has 0 bridgehead atoms. The summed E-state index contributed by atoms with van der Waals surface area (Å²) in [6, 6.07) is 8.58. The van der Waals surface area contributed by atoms with E-state index in [2.05, 4.69) is 55.4 Å². The van der Waals surface area contributed by atoms with Crippen molar-refractivity contribution in [3.63, 3.8) is 0 Å². The van der Waals surface area contributed by atoms with E-state index < -0.39 is 0 Å². The summed E-state index contributed by atoms with van der Waals surface area (Å²) in [5.41, 5.74) is 2.34. The second-order valence-corrected chi connectivity index (χ2v) is 5.32. The van der Waals surface area contributed by atoms with E-state index in [1.807, 2.05) is 12.1 Å². The van der Waals surface area contributed by atoms with Gasteiger partial charge in [0.1, 0.15) is 0 Å². The molecule has 0 aliphatic rings. The average Bonchev–Trinajstić information content (AvgIpc) is 2.42. The molecule has 0 saturated carbocycles. The second kappa shape index (κ2) is 8.59. The lowest BCUT2D eigenvalue weighted by atomic mass is 10.1. The SMILES string of the molecule is CCN(CCNC(=O)NCc1ccc(C)cc1)C(C)C. The maximum atomic E-state index is 11.7. The number of likely N-dealkylation sites (N-methyl/N-ethyl adjacent to an activating group) is 1. The Morgan fingerprint density at radius 2 is 1.85 bits per heavy atom. The lowest BCUT2D eigenvalue weighted by Crippen LogP contribution is -2.41. The van der Waals surface area contributed by atoms with Gasteiger partial charge in [0.2, 0.25) is 0 Å². The van der Waals surface area contributed by atoms with Gasteiger partial charge in [0.25, 0.3) is 0 Å². The van der Waals surface area contributed by atoms with Crippen LogP contribution in [0.4, 0.5) is 4.79 Å². The summed E-state index contributed by atoms with van der Waals surface area (Å²) in [5, 5.41) is 5.76. The van der Waals surface area contributed by atoms with Gasteiger partial charge < -0.3 is 10.6 Å². The zero-order valence-electron chi connectivity index (χ0n) is 13.1. The zero-order chi connectivity index (χ0) is 15.0. The van der Waals surface area contributed by atoms with Crippen molar-refractivity contribution in [3.05, 3.63) is 35.4 Å². The third-order valence-electron chi connectivity index (χ3n) is 3.39. The molecule has 2 N–H and O–H groups in total. The maximum Gasteiger partial charge on any atom is 0.315 e. The van der Waals surface area contributed by atoms with E-state index >= 15 is 0 Å². The molecule has 112 valence electrons. The fraction of sp³-hybridized carbons (Fsp3) is 0.562. The van der Waals surface area contributed by atoms with Gasteiger partial charge in [0.05, 0.1) is 0 Å². The molecule has 1 rings (SSSR count). The Hall–Kier alpha value is -1.55. The Labute approximate surface area is 122 Å². The molecule has 0 radical (unpaired) electrons. The van der Waals surface area contributed by atoms with Crippen molar-refractivity contribution < 1.29 is 4.79 Å². The Morgan fingerprint density at radius 1 is 1.20 bits per heavy atom. The highest BCUT2D eigenvalue weighted by Crippen LogP contribution is 2.02. The molecule has 4 nitrogen and oxygen atoms in total. The number of urea groups is 1. The van der Waals surface area contributed by atoms with Crippen LogP contribution >= 0.6 is 0 Å². The van der Waals surface area contributed by atoms with Gasteiger partial charge in [-0.25, -0.2) is 4.79 Å². The molecule has 2 amide bonds. The molecule has 1 aromatic rings. The minimum absolute atomic E-state index is 0.106. The Kier molecular flexibility index (Phi) is 7.09. The van der Waals surface area contributed by atoms with E-state index in [0.717, 1.165) is 18.7 Å². The topological polar surface area (TPSA) is 44.4 Å². The Morgan fingerprint density at radius 3 is 2.40 bits per heavy atom. The number of carbonyl (C=O) groups is 1. The highest BCUT2D eigenvalue weighted by Gasteiger charge is 2.07. The molecule has 0 aliphatic heterocycles. The first-order valence-corrected chi connectivity index (χ1v) is 7.34. The summed E-state index contributed by atoms with van der Waals surface area (Å²) in [7, 11) is 0. The van der Waals surface area contributed by atoms with Crippen LogP contribution in [0.2, 0.25) is 0 Å². The maximum absolute atomic E-state index is 11.7. The van der Waals surface area contributed by atoms with Crippen LogP contribution in [0.25, 0.3) is 0 Å². The standard InChI is InChI=1S/C16H27N3O/c1-5-19(13(2)3)11-10-17-16(20)18-12-15-8-6-14(4)7-9-15/h6-9,13H,5,10-12H2,1-4H3,(H2,17,18,20). The monoisotopic (exact) mass is 277 g/mol. The average molecular weight is 277 g/mol. The largest absolute Gasteiger partial charge is 0.337 e. The third-order valence-corrected chi connectivity index (χ3v) is 3.39. The van der Waals surface area contributed by atoms with E-state index in [9.17, 15) is 4.79 Å². The first kappa shape index (κ1) is 16.5. The van der Waals surface area contributed by atoms with Gasteiger partial charge in [-0.3, -0.25) is 4.90 Å². The highest BCUT2D eigenvalue weighted by molar-refractivity contribution is 5.73. The van der Waals surface area contributed by atoms with Crippen LogP contribution < -0.4 is 10.6 Å². The molecule has 0 aliphatic carbocycles. The predicted octanol–water partition coefficient (Wildman–Crippen LogP) is 2.52. The lowest BCUT2D eigenvalue weighted by molar-refractivity contribution is 0.222. The third kappa shape index (κ3) is 6.06. The molecule has 0 aromatic heterocycles. The minimum Gasteiger partial charge on any atom is -0.337 e.